The fourth-order valence-electron chi connectivity index (χ4n) is 2.90. The van der Waals surface area contributed by atoms with Gasteiger partial charge in [0.15, 0.2) is 5.96 Å². The third kappa shape index (κ3) is 7.36. The van der Waals surface area contributed by atoms with E-state index in [0.29, 0.717) is 42.5 Å². The van der Waals surface area contributed by atoms with Crippen molar-refractivity contribution in [2.24, 2.45) is 4.99 Å². The molecular formula is C22H28F3N3O3. The lowest BCUT2D eigenvalue weighted by molar-refractivity contribution is -0.137. The third-order valence-electron chi connectivity index (χ3n) is 4.55. The van der Waals surface area contributed by atoms with Crippen LogP contribution in [0.5, 0.6) is 11.5 Å². The number of aliphatic imine (C=N–C) groups is 1. The predicted octanol–water partition coefficient (Wildman–Crippen LogP) is 3.55. The molecule has 0 heterocycles. The van der Waals surface area contributed by atoms with Gasteiger partial charge in [0.2, 0.25) is 0 Å². The minimum atomic E-state index is -4.34. The fraction of sp³-hybridized carbons (Fsp3) is 0.409. The number of halogens is 3. The maximum atomic E-state index is 12.7. The van der Waals surface area contributed by atoms with E-state index in [1.54, 1.807) is 25.3 Å². The molecule has 0 aliphatic heterocycles. The van der Waals surface area contributed by atoms with Crippen molar-refractivity contribution in [3.63, 3.8) is 0 Å². The number of nitrogens with one attached hydrogen (secondary N) is 2. The van der Waals surface area contributed by atoms with E-state index in [-0.39, 0.29) is 6.54 Å². The lowest BCUT2D eigenvalue weighted by atomic mass is 10.1. The molecule has 6 nitrogen and oxygen atoms in total. The summed E-state index contributed by atoms with van der Waals surface area (Å²) in [6.07, 6.45) is -4.72. The zero-order valence-electron chi connectivity index (χ0n) is 17.8. The van der Waals surface area contributed by atoms with Gasteiger partial charge in [-0.1, -0.05) is 12.1 Å². The molecule has 2 aromatic carbocycles. The average Bonchev–Trinajstić information content (AvgIpc) is 2.76. The number of nitrogens with zero attached hydrogens (tertiary/aromatic N) is 1. The molecule has 2 aromatic rings. The lowest BCUT2D eigenvalue weighted by Crippen LogP contribution is -2.38. The van der Waals surface area contributed by atoms with Gasteiger partial charge in [-0.25, -0.2) is 0 Å². The van der Waals surface area contributed by atoms with Crippen LogP contribution in [-0.4, -0.2) is 44.9 Å². The van der Waals surface area contributed by atoms with Gasteiger partial charge < -0.3 is 25.2 Å². The molecule has 3 N–H and O–H groups in total. The van der Waals surface area contributed by atoms with E-state index in [4.69, 9.17) is 9.47 Å². The van der Waals surface area contributed by atoms with Crippen LogP contribution in [0.4, 0.5) is 13.2 Å². The van der Waals surface area contributed by atoms with Crippen LogP contribution < -0.4 is 20.1 Å². The molecule has 1 atom stereocenters. The second kappa shape index (κ2) is 11.5. The van der Waals surface area contributed by atoms with E-state index in [0.717, 1.165) is 17.7 Å². The van der Waals surface area contributed by atoms with E-state index >= 15 is 0 Å². The molecule has 9 heteroatoms. The van der Waals surface area contributed by atoms with Crippen LogP contribution in [0.2, 0.25) is 0 Å². The third-order valence-corrected chi connectivity index (χ3v) is 4.55. The SMILES string of the molecule is CCNC(=NCC(O)c1cc(OC)ccc1OC)NCCc1ccc(C(F)(F)F)cc1. The number of aliphatic hydroxyl groups is 1. The minimum absolute atomic E-state index is 0.0825. The van der Waals surface area contributed by atoms with E-state index in [1.807, 2.05) is 6.92 Å². The second-order valence-electron chi connectivity index (χ2n) is 6.71. The number of methoxy groups -OCH3 is 2. The van der Waals surface area contributed by atoms with Crippen LogP contribution in [0.15, 0.2) is 47.5 Å². The van der Waals surface area contributed by atoms with Gasteiger partial charge in [0.05, 0.1) is 26.3 Å². The second-order valence-corrected chi connectivity index (χ2v) is 6.71. The number of hydrogen-bond donors (Lipinski definition) is 3. The maximum Gasteiger partial charge on any atom is 0.416 e. The normalized spacial score (nSPS) is 12.9. The van der Waals surface area contributed by atoms with Gasteiger partial charge in [0, 0.05) is 18.7 Å². The highest BCUT2D eigenvalue weighted by Gasteiger charge is 2.29. The minimum Gasteiger partial charge on any atom is -0.497 e. The van der Waals surface area contributed by atoms with E-state index in [9.17, 15) is 18.3 Å². The molecular weight excluding hydrogens is 411 g/mol. The van der Waals surface area contributed by atoms with Crippen LogP contribution in [0.25, 0.3) is 0 Å². The van der Waals surface area contributed by atoms with Crippen LogP contribution in [0, 0.1) is 0 Å². The first-order chi connectivity index (χ1) is 14.8. The van der Waals surface area contributed by atoms with Crippen molar-refractivity contribution in [1.29, 1.82) is 0 Å². The standard InChI is InChI=1S/C22H28F3N3O3/c1-4-26-21(27-12-11-15-5-7-16(8-6-15)22(23,24)25)28-14-19(29)18-13-17(30-2)9-10-20(18)31-3/h5-10,13,19,29H,4,11-12,14H2,1-3H3,(H2,26,27,28). The number of rotatable bonds is 9. The molecule has 0 aliphatic rings. The smallest absolute Gasteiger partial charge is 0.416 e. The molecule has 0 spiro atoms. The Hall–Kier alpha value is -2.94. The van der Waals surface area contributed by atoms with Crippen LogP contribution in [0.1, 0.15) is 29.7 Å². The molecule has 1 unspecified atom stereocenters. The number of guanidine groups is 1. The summed E-state index contributed by atoms with van der Waals surface area (Å²) in [5.41, 5.74) is 0.671. The topological polar surface area (TPSA) is 75.1 Å². The molecule has 31 heavy (non-hydrogen) atoms. The Labute approximate surface area is 180 Å². The van der Waals surface area contributed by atoms with Gasteiger partial charge in [-0.05, 0) is 49.2 Å². The molecule has 170 valence electrons. The maximum absolute atomic E-state index is 12.7. The first-order valence-electron chi connectivity index (χ1n) is 9.86. The molecule has 0 amide bonds. The van der Waals surface area contributed by atoms with Gasteiger partial charge in [-0.15, -0.1) is 0 Å². The summed E-state index contributed by atoms with van der Waals surface area (Å²) in [4.78, 5) is 4.40. The number of hydrogen-bond acceptors (Lipinski definition) is 4. The molecule has 0 aliphatic carbocycles. The fourth-order valence-corrected chi connectivity index (χ4v) is 2.90. The van der Waals surface area contributed by atoms with Crippen molar-refractivity contribution < 1.29 is 27.8 Å². The molecule has 0 fully saturated rings. The Kier molecular flexibility index (Phi) is 8.99. The largest absolute Gasteiger partial charge is 0.497 e. The Morgan fingerprint density at radius 1 is 1.06 bits per heavy atom. The molecule has 0 bridgehead atoms. The number of alkyl halides is 3. The van der Waals surface area contributed by atoms with Crippen molar-refractivity contribution in [1.82, 2.24) is 10.6 Å². The molecule has 2 rings (SSSR count). The number of ether oxygens (including phenoxy) is 2. The summed E-state index contributed by atoms with van der Waals surface area (Å²) in [6.45, 7) is 3.08. The average molecular weight is 439 g/mol. The summed E-state index contributed by atoms with van der Waals surface area (Å²) in [7, 11) is 3.06. The number of benzene rings is 2. The van der Waals surface area contributed by atoms with Crippen molar-refractivity contribution in [2.75, 3.05) is 33.9 Å². The van der Waals surface area contributed by atoms with Crippen LogP contribution in [0.3, 0.4) is 0 Å². The predicted molar refractivity (Wildman–Crippen MR) is 114 cm³/mol. The Morgan fingerprint density at radius 2 is 1.77 bits per heavy atom. The van der Waals surface area contributed by atoms with E-state index in [1.165, 1.54) is 19.2 Å². The van der Waals surface area contributed by atoms with Crippen LogP contribution in [-0.2, 0) is 12.6 Å². The highest BCUT2D eigenvalue weighted by Crippen LogP contribution is 2.30. The highest BCUT2D eigenvalue weighted by atomic mass is 19.4. The zero-order chi connectivity index (χ0) is 22.9. The lowest BCUT2D eigenvalue weighted by Gasteiger charge is -2.16. The van der Waals surface area contributed by atoms with Gasteiger partial charge in [-0.3, -0.25) is 4.99 Å². The van der Waals surface area contributed by atoms with Crippen molar-refractivity contribution in [3.05, 3.63) is 59.2 Å². The summed E-state index contributed by atoms with van der Waals surface area (Å²) in [5, 5.41) is 16.8. The monoisotopic (exact) mass is 439 g/mol. The quantitative estimate of drug-likeness (QED) is 0.412. The van der Waals surface area contributed by atoms with Crippen molar-refractivity contribution >= 4 is 5.96 Å². The summed E-state index contributed by atoms with van der Waals surface area (Å²) in [6, 6.07) is 10.2. The first-order valence-corrected chi connectivity index (χ1v) is 9.86. The van der Waals surface area contributed by atoms with Crippen molar-refractivity contribution in [2.45, 2.75) is 25.6 Å². The van der Waals surface area contributed by atoms with Gasteiger partial charge in [0.1, 0.15) is 17.6 Å². The molecule has 0 radical (unpaired) electrons. The molecule has 0 saturated carbocycles. The van der Waals surface area contributed by atoms with Crippen LogP contribution >= 0.6 is 0 Å². The van der Waals surface area contributed by atoms with Gasteiger partial charge >= 0.3 is 6.18 Å². The first kappa shape index (κ1) is 24.3. The summed E-state index contributed by atoms with van der Waals surface area (Å²) >= 11 is 0. The summed E-state index contributed by atoms with van der Waals surface area (Å²) < 4.78 is 48.5. The van der Waals surface area contributed by atoms with E-state index in [2.05, 4.69) is 15.6 Å². The van der Waals surface area contributed by atoms with Gasteiger partial charge in [0.25, 0.3) is 0 Å². The van der Waals surface area contributed by atoms with Gasteiger partial charge in [-0.2, -0.15) is 13.2 Å². The Balaban J connectivity index is 1.97. The zero-order valence-corrected chi connectivity index (χ0v) is 17.8. The van der Waals surface area contributed by atoms with Crippen molar-refractivity contribution in [3.8, 4) is 11.5 Å². The molecule has 0 aromatic heterocycles. The van der Waals surface area contributed by atoms with E-state index < -0.39 is 17.8 Å². The number of aliphatic hydroxyl groups excluding tert-OH is 1. The molecule has 0 saturated heterocycles. The Morgan fingerprint density at radius 3 is 2.35 bits per heavy atom. The Bertz CT molecular complexity index is 855. The summed E-state index contributed by atoms with van der Waals surface area (Å²) in [5.74, 6) is 1.62. The highest BCUT2D eigenvalue weighted by molar-refractivity contribution is 5.79.